The standard InChI is InChI=1S/C31H41N7O6/c32-15-7-6-11-22(33)28(40)37-25(17-20-18-35-23-12-5-4-10-21(20)23)30(42)36-24(13-14-27(34)39)29(41)38-26(31(43)44)16-19-8-2-1-3-9-19/h1-5,8-10,12,18,22,24-26,35H,6-7,11,13-17,32-33H2,(H2,34,39)(H,36,42)(H,37,40)(H,38,41)(H,43,44). The van der Waals surface area contributed by atoms with Crippen molar-refractivity contribution in [3.05, 3.63) is 71.9 Å². The molecule has 0 aliphatic heterocycles. The second-order valence-corrected chi connectivity index (χ2v) is 10.7. The number of primary amides is 1. The molecule has 4 atom stereocenters. The fraction of sp³-hybridized carbons (Fsp3) is 0.387. The smallest absolute Gasteiger partial charge is 0.326 e. The molecule has 0 radical (unpaired) electrons. The van der Waals surface area contributed by atoms with Gasteiger partial charge in [0.2, 0.25) is 23.6 Å². The average Bonchev–Trinajstić information content (AvgIpc) is 3.41. The van der Waals surface area contributed by atoms with Gasteiger partial charge in [-0.05, 0) is 43.0 Å². The van der Waals surface area contributed by atoms with Crippen LogP contribution >= 0.6 is 0 Å². The Morgan fingerprint density at radius 3 is 2.09 bits per heavy atom. The summed E-state index contributed by atoms with van der Waals surface area (Å²) in [6.07, 6.45) is 3.05. The molecule has 0 aliphatic rings. The fourth-order valence-corrected chi connectivity index (χ4v) is 4.80. The number of aliphatic carboxylic acids is 1. The highest BCUT2D eigenvalue weighted by Gasteiger charge is 2.31. The lowest BCUT2D eigenvalue weighted by atomic mass is 10.0. The third-order valence-corrected chi connectivity index (χ3v) is 7.25. The summed E-state index contributed by atoms with van der Waals surface area (Å²) < 4.78 is 0. The molecule has 44 heavy (non-hydrogen) atoms. The zero-order chi connectivity index (χ0) is 32.1. The summed E-state index contributed by atoms with van der Waals surface area (Å²) in [6.45, 7) is 0.461. The van der Waals surface area contributed by atoms with E-state index in [1.54, 1.807) is 36.5 Å². The van der Waals surface area contributed by atoms with Crippen LogP contribution in [0.25, 0.3) is 10.9 Å². The number of fused-ring (bicyclic) bond motifs is 1. The van der Waals surface area contributed by atoms with Crippen molar-refractivity contribution >= 4 is 40.5 Å². The van der Waals surface area contributed by atoms with E-state index >= 15 is 0 Å². The third-order valence-electron chi connectivity index (χ3n) is 7.25. The van der Waals surface area contributed by atoms with Crippen molar-refractivity contribution in [1.29, 1.82) is 0 Å². The van der Waals surface area contributed by atoms with Gasteiger partial charge in [-0.1, -0.05) is 55.0 Å². The molecular formula is C31H41N7O6. The third kappa shape index (κ3) is 10.2. The number of hydrogen-bond acceptors (Lipinski definition) is 7. The number of hydrogen-bond donors (Lipinski definition) is 8. The molecule has 236 valence electrons. The van der Waals surface area contributed by atoms with Crippen LogP contribution < -0.4 is 33.2 Å². The van der Waals surface area contributed by atoms with Gasteiger partial charge in [-0.3, -0.25) is 19.2 Å². The minimum Gasteiger partial charge on any atom is -0.480 e. The Hall–Kier alpha value is -4.75. The molecule has 4 amide bonds. The van der Waals surface area contributed by atoms with Crippen LogP contribution in [0, 0.1) is 0 Å². The number of amides is 4. The predicted molar refractivity (Wildman–Crippen MR) is 165 cm³/mol. The highest BCUT2D eigenvalue weighted by molar-refractivity contribution is 5.95. The van der Waals surface area contributed by atoms with Gasteiger partial charge in [-0.2, -0.15) is 0 Å². The van der Waals surface area contributed by atoms with Crippen molar-refractivity contribution in [3.63, 3.8) is 0 Å². The van der Waals surface area contributed by atoms with Gasteiger partial charge >= 0.3 is 5.97 Å². The molecule has 0 saturated heterocycles. The first kappa shape index (κ1) is 33.7. The monoisotopic (exact) mass is 607 g/mol. The first-order chi connectivity index (χ1) is 21.1. The number of unbranched alkanes of at least 4 members (excludes halogenated alkanes) is 1. The van der Waals surface area contributed by atoms with Crippen LogP contribution in [0.4, 0.5) is 0 Å². The molecule has 4 unspecified atom stereocenters. The average molecular weight is 608 g/mol. The molecule has 2 aromatic carbocycles. The van der Waals surface area contributed by atoms with Crippen LogP contribution in [0.1, 0.15) is 43.2 Å². The quantitative estimate of drug-likeness (QED) is 0.0929. The molecule has 13 nitrogen and oxygen atoms in total. The van der Waals surface area contributed by atoms with E-state index in [9.17, 15) is 29.1 Å². The lowest BCUT2D eigenvalue weighted by molar-refractivity contribution is -0.142. The van der Waals surface area contributed by atoms with Crippen molar-refractivity contribution in [1.82, 2.24) is 20.9 Å². The summed E-state index contributed by atoms with van der Waals surface area (Å²) in [6, 6.07) is 11.5. The fourth-order valence-electron chi connectivity index (χ4n) is 4.80. The van der Waals surface area contributed by atoms with E-state index in [4.69, 9.17) is 17.2 Å². The van der Waals surface area contributed by atoms with Gasteiger partial charge in [0, 0.05) is 36.4 Å². The van der Waals surface area contributed by atoms with Crippen molar-refractivity contribution in [2.45, 2.75) is 69.1 Å². The Labute approximate surface area is 255 Å². The van der Waals surface area contributed by atoms with Gasteiger partial charge in [0.15, 0.2) is 0 Å². The number of carboxylic acids is 1. The number of nitrogens with two attached hydrogens (primary N) is 3. The Kier molecular flexibility index (Phi) is 12.9. The number of H-pyrrole nitrogens is 1. The van der Waals surface area contributed by atoms with Crippen molar-refractivity contribution in [3.8, 4) is 0 Å². The van der Waals surface area contributed by atoms with E-state index in [0.717, 1.165) is 16.5 Å². The van der Waals surface area contributed by atoms with E-state index in [1.165, 1.54) is 0 Å². The van der Waals surface area contributed by atoms with Crippen LogP contribution in [0.15, 0.2) is 60.8 Å². The summed E-state index contributed by atoms with van der Waals surface area (Å²) in [7, 11) is 0. The SMILES string of the molecule is NCCCCC(N)C(=O)NC(Cc1c[nH]c2ccccc12)C(=O)NC(CCC(N)=O)C(=O)NC(Cc1ccccc1)C(=O)O. The second kappa shape index (κ2) is 16.8. The summed E-state index contributed by atoms with van der Waals surface area (Å²) in [4.78, 5) is 66.7. The zero-order valence-electron chi connectivity index (χ0n) is 24.5. The Bertz CT molecular complexity index is 1430. The minimum atomic E-state index is -1.31. The number of carboxylic acid groups (broad SMARTS) is 1. The molecule has 13 heteroatoms. The lowest BCUT2D eigenvalue weighted by Crippen LogP contribution is -2.57. The van der Waals surface area contributed by atoms with E-state index in [2.05, 4.69) is 20.9 Å². The maximum atomic E-state index is 13.7. The Morgan fingerprint density at radius 1 is 0.773 bits per heavy atom. The summed E-state index contributed by atoms with van der Waals surface area (Å²) in [5.41, 5.74) is 19.2. The molecule has 0 fully saturated rings. The Balaban J connectivity index is 1.82. The number of carbonyl (C=O) groups is 5. The number of para-hydroxylation sites is 1. The second-order valence-electron chi connectivity index (χ2n) is 10.7. The molecule has 3 aromatic rings. The highest BCUT2D eigenvalue weighted by Crippen LogP contribution is 2.19. The zero-order valence-corrected chi connectivity index (χ0v) is 24.5. The van der Waals surface area contributed by atoms with Crippen LogP contribution in [0.5, 0.6) is 0 Å². The first-order valence-electron chi connectivity index (χ1n) is 14.6. The molecule has 0 aliphatic carbocycles. The number of aromatic nitrogens is 1. The molecule has 0 saturated carbocycles. The van der Waals surface area contributed by atoms with E-state index in [-0.39, 0.29) is 25.7 Å². The van der Waals surface area contributed by atoms with E-state index in [0.29, 0.717) is 31.4 Å². The van der Waals surface area contributed by atoms with Gasteiger partial charge in [0.05, 0.1) is 6.04 Å². The number of aromatic amines is 1. The van der Waals surface area contributed by atoms with Crippen molar-refractivity contribution < 1.29 is 29.1 Å². The van der Waals surface area contributed by atoms with Crippen LogP contribution in [0.2, 0.25) is 0 Å². The lowest BCUT2D eigenvalue weighted by Gasteiger charge is -2.25. The minimum absolute atomic E-state index is 0.000308. The van der Waals surface area contributed by atoms with Gasteiger partial charge < -0.3 is 43.2 Å². The summed E-state index contributed by atoms with van der Waals surface area (Å²) >= 11 is 0. The van der Waals surface area contributed by atoms with Gasteiger partial charge in [-0.25, -0.2) is 4.79 Å². The molecule has 3 rings (SSSR count). The van der Waals surface area contributed by atoms with E-state index in [1.807, 2.05) is 24.3 Å². The Morgan fingerprint density at radius 2 is 1.41 bits per heavy atom. The predicted octanol–water partition coefficient (Wildman–Crippen LogP) is 0.214. The summed E-state index contributed by atoms with van der Waals surface area (Å²) in [5, 5.41) is 18.4. The number of rotatable bonds is 18. The topological polar surface area (TPSA) is 236 Å². The van der Waals surface area contributed by atoms with Crippen LogP contribution in [-0.2, 0) is 36.8 Å². The number of nitrogens with one attached hydrogen (secondary N) is 4. The van der Waals surface area contributed by atoms with Crippen LogP contribution in [0.3, 0.4) is 0 Å². The molecule has 1 aromatic heterocycles. The number of benzene rings is 2. The molecule has 1 heterocycles. The summed E-state index contributed by atoms with van der Waals surface area (Å²) in [5.74, 6) is -4.04. The van der Waals surface area contributed by atoms with Gasteiger partial charge in [-0.15, -0.1) is 0 Å². The highest BCUT2D eigenvalue weighted by atomic mass is 16.4. The van der Waals surface area contributed by atoms with Gasteiger partial charge in [0.25, 0.3) is 0 Å². The number of carbonyl (C=O) groups excluding carboxylic acids is 4. The van der Waals surface area contributed by atoms with Gasteiger partial charge in [0.1, 0.15) is 18.1 Å². The van der Waals surface area contributed by atoms with Crippen LogP contribution in [-0.4, -0.2) is 70.4 Å². The largest absolute Gasteiger partial charge is 0.480 e. The maximum absolute atomic E-state index is 13.7. The van der Waals surface area contributed by atoms with E-state index < -0.39 is 53.8 Å². The molecular weight excluding hydrogens is 566 g/mol. The normalized spacial score (nSPS) is 13.8. The first-order valence-corrected chi connectivity index (χ1v) is 14.6. The maximum Gasteiger partial charge on any atom is 0.326 e. The molecule has 0 spiro atoms. The molecule has 11 N–H and O–H groups in total. The van der Waals surface area contributed by atoms with Crippen molar-refractivity contribution in [2.75, 3.05) is 6.54 Å². The van der Waals surface area contributed by atoms with Crippen molar-refractivity contribution in [2.24, 2.45) is 17.2 Å². The molecule has 0 bridgehead atoms.